The minimum Gasteiger partial charge on any atom is -0.481 e. The van der Waals surface area contributed by atoms with Crippen LogP contribution in [0.3, 0.4) is 0 Å². The van der Waals surface area contributed by atoms with E-state index in [9.17, 15) is 14.7 Å². The highest BCUT2D eigenvalue weighted by molar-refractivity contribution is 5.86. The van der Waals surface area contributed by atoms with Crippen LogP contribution >= 0.6 is 0 Å². The fraction of sp³-hybridized carbons (Fsp3) is 0.733. The number of carboxylic acid groups (broad SMARTS) is 1. The monoisotopic (exact) mass is 263 g/mol. The first-order chi connectivity index (χ1) is 9.16. The van der Waals surface area contributed by atoms with E-state index in [2.05, 4.69) is 5.32 Å². The molecule has 2 bridgehead atoms. The second-order valence-corrected chi connectivity index (χ2v) is 6.23. The van der Waals surface area contributed by atoms with Crippen LogP contribution in [0, 0.1) is 29.6 Å². The number of hydrogen-bond acceptors (Lipinski definition) is 2. The molecule has 4 atom stereocenters. The maximum absolute atomic E-state index is 12.3. The minimum atomic E-state index is -0.821. The molecule has 0 aromatic carbocycles. The molecule has 2 saturated carbocycles. The van der Waals surface area contributed by atoms with Gasteiger partial charge in [-0.25, -0.2) is 0 Å². The standard InChI is InChI=1S/C15H21NO3/c17-14(16-8-9-3-1-2-4-9)12-10-5-6-11(7-10)13(12)15(18)19/h5-6,9-13H,1-4,7-8H2,(H,16,17)(H,18,19). The van der Waals surface area contributed by atoms with Gasteiger partial charge in [0.2, 0.25) is 5.91 Å². The van der Waals surface area contributed by atoms with Gasteiger partial charge in [0.05, 0.1) is 11.8 Å². The Hall–Kier alpha value is -1.32. The van der Waals surface area contributed by atoms with Crippen molar-refractivity contribution in [1.82, 2.24) is 5.32 Å². The summed E-state index contributed by atoms with van der Waals surface area (Å²) in [6.45, 7) is 0.725. The second kappa shape index (κ2) is 4.99. The zero-order valence-electron chi connectivity index (χ0n) is 11.0. The molecule has 4 unspecified atom stereocenters. The highest BCUT2D eigenvalue weighted by Crippen LogP contribution is 2.48. The molecular weight excluding hydrogens is 242 g/mol. The third kappa shape index (κ3) is 2.28. The van der Waals surface area contributed by atoms with Gasteiger partial charge in [-0.05, 0) is 37.0 Å². The SMILES string of the molecule is O=C(O)C1C2C=CC(C2)C1C(=O)NCC1CCCC1. The minimum absolute atomic E-state index is 0.0452. The van der Waals surface area contributed by atoms with Crippen molar-refractivity contribution in [3.05, 3.63) is 12.2 Å². The van der Waals surface area contributed by atoms with Crippen LogP contribution in [0.25, 0.3) is 0 Å². The Morgan fingerprint density at radius 2 is 1.74 bits per heavy atom. The molecule has 19 heavy (non-hydrogen) atoms. The van der Waals surface area contributed by atoms with E-state index in [-0.39, 0.29) is 23.7 Å². The van der Waals surface area contributed by atoms with Crippen molar-refractivity contribution in [2.45, 2.75) is 32.1 Å². The summed E-state index contributed by atoms with van der Waals surface area (Å²) >= 11 is 0. The molecule has 3 aliphatic rings. The average molecular weight is 263 g/mol. The van der Waals surface area contributed by atoms with Gasteiger partial charge in [-0.1, -0.05) is 25.0 Å². The van der Waals surface area contributed by atoms with Crippen LogP contribution < -0.4 is 5.32 Å². The smallest absolute Gasteiger partial charge is 0.307 e. The van der Waals surface area contributed by atoms with Gasteiger partial charge in [0, 0.05) is 6.54 Å². The van der Waals surface area contributed by atoms with Crippen LogP contribution in [-0.4, -0.2) is 23.5 Å². The number of hydrogen-bond donors (Lipinski definition) is 2. The number of amides is 1. The summed E-state index contributed by atoms with van der Waals surface area (Å²) in [7, 11) is 0. The van der Waals surface area contributed by atoms with E-state index < -0.39 is 11.9 Å². The number of fused-ring (bicyclic) bond motifs is 2. The lowest BCUT2D eigenvalue weighted by molar-refractivity contribution is -0.147. The van der Waals surface area contributed by atoms with Crippen molar-refractivity contribution < 1.29 is 14.7 Å². The van der Waals surface area contributed by atoms with Crippen molar-refractivity contribution in [2.75, 3.05) is 6.54 Å². The Morgan fingerprint density at radius 3 is 2.37 bits per heavy atom. The van der Waals surface area contributed by atoms with E-state index in [0.29, 0.717) is 5.92 Å². The van der Waals surface area contributed by atoms with E-state index in [0.717, 1.165) is 13.0 Å². The molecule has 1 amide bonds. The second-order valence-electron chi connectivity index (χ2n) is 6.23. The number of aliphatic carboxylic acids is 1. The molecule has 0 spiro atoms. The quantitative estimate of drug-likeness (QED) is 0.760. The Morgan fingerprint density at radius 1 is 1.11 bits per heavy atom. The summed E-state index contributed by atoms with van der Waals surface area (Å²) in [6, 6.07) is 0. The van der Waals surface area contributed by atoms with Crippen LogP contribution in [0.5, 0.6) is 0 Å². The highest BCUT2D eigenvalue weighted by Gasteiger charge is 2.51. The number of carboxylic acids is 1. The number of nitrogens with one attached hydrogen (secondary N) is 1. The van der Waals surface area contributed by atoms with E-state index in [1.165, 1.54) is 25.7 Å². The van der Waals surface area contributed by atoms with Crippen LogP contribution in [0.1, 0.15) is 32.1 Å². The summed E-state index contributed by atoms with van der Waals surface area (Å²) in [5, 5.41) is 12.3. The van der Waals surface area contributed by atoms with Crippen LogP contribution in [0.15, 0.2) is 12.2 Å². The number of allylic oxidation sites excluding steroid dienone is 2. The van der Waals surface area contributed by atoms with Crippen molar-refractivity contribution in [1.29, 1.82) is 0 Å². The third-order valence-electron chi connectivity index (χ3n) is 5.09. The van der Waals surface area contributed by atoms with Crippen molar-refractivity contribution >= 4 is 11.9 Å². The molecule has 2 N–H and O–H groups in total. The lowest BCUT2D eigenvalue weighted by Gasteiger charge is -2.24. The largest absolute Gasteiger partial charge is 0.481 e. The summed E-state index contributed by atoms with van der Waals surface area (Å²) in [5.41, 5.74) is 0. The Kier molecular flexibility index (Phi) is 3.33. The predicted molar refractivity (Wildman–Crippen MR) is 70.3 cm³/mol. The van der Waals surface area contributed by atoms with Gasteiger partial charge in [-0.3, -0.25) is 9.59 Å². The van der Waals surface area contributed by atoms with Gasteiger partial charge < -0.3 is 10.4 Å². The zero-order chi connectivity index (χ0) is 13.4. The zero-order valence-corrected chi connectivity index (χ0v) is 11.0. The Bertz CT molecular complexity index is 412. The molecule has 0 aromatic heterocycles. The number of rotatable bonds is 4. The molecule has 0 heterocycles. The first-order valence-electron chi connectivity index (χ1n) is 7.35. The van der Waals surface area contributed by atoms with Gasteiger partial charge in [0.25, 0.3) is 0 Å². The van der Waals surface area contributed by atoms with E-state index in [1.807, 2.05) is 12.2 Å². The van der Waals surface area contributed by atoms with Gasteiger partial charge in [-0.15, -0.1) is 0 Å². The molecule has 4 heteroatoms. The van der Waals surface area contributed by atoms with Gasteiger partial charge in [-0.2, -0.15) is 0 Å². The third-order valence-corrected chi connectivity index (χ3v) is 5.09. The highest BCUT2D eigenvalue weighted by atomic mass is 16.4. The molecule has 104 valence electrons. The summed E-state index contributed by atoms with van der Waals surface area (Å²) in [4.78, 5) is 23.7. The molecule has 0 radical (unpaired) electrons. The molecular formula is C15H21NO3. The molecule has 0 aliphatic heterocycles. The maximum atomic E-state index is 12.3. The normalized spacial score (nSPS) is 36.8. The molecule has 3 rings (SSSR count). The summed E-state index contributed by atoms with van der Waals surface area (Å²) < 4.78 is 0. The van der Waals surface area contributed by atoms with Crippen molar-refractivity contribution in [3.63, 3.8) is 0 Å². The summed E-state index contributed by atoms with van der Waals surface area (Å²) in [5.74, 6) is -0.942. The molecule has 0 saturated heterocycles. The van der Waals surface area contributed by atoms with Crippen molar-refractivity contribution in [2.24, 2.45) is 29.6 Å². The fourth-order valence-corrected chi connectivity index (χ4v) is 4.09. The van der Waals surface area contributed by atoms with Crippen molar-refractivity contribution in [3.8, 4) is 0 Å². The number of carbonyl (C=O) groups excluding carboxylic acids is 1. The number of carbonyl (C=O) groups is 2. The first kappa shape index (κ1) is 12.7. The molecule has 4 nitrogen and oxygen atoms in total. The Labute approximate surface area is 113 Å². The van der Waals surface area contributed by atoms with Crippen LogP contribution in [0.4, 0.5) is 0 Å². The fourth-order valence-electron chi connectivity index (χ4n) is 4.09. The van der Waals surface area contributed by atoms with E-state index in [1.54, 1.807) is 0 Å². The summed E-state index contributed by atoms with van der Waals surface area (Å²) in [6.07, 6.45) is 9.75. The lowest BCUT2D eigenvalue weighted by atomic mass is 9.82. The molecule has 3 aliphatic carbocycles. The maximum Gasteiger partial charge on any atom is 0.307 e. The van der Waals surface area contributed by atoms with Gasteiger partial charge in [0.1, 0.15) is 0 Å². The van der Waals surface area contributed by atoms with Crippen LogP contribution in [-0.2, 0) is 9.59 Å². The molecule has 0 aromatic rings. The first-order valence-corrected chi connectivity index (χ1v) is 7.35. The predicted octanol–water partition coefficient (Wildman–Crippen LogP) is 1.82. The van der Waals surface area contributed by atoms with Gasteiger partial charge in [0.15, 0.2) is 0 Å². The van der Waals surface area contributed by atoms with E-state index in [4.69, 9.17) is 0 Å². The van der Waals surface area contributed by atoms with Gasteiger partial charge >= 0.3 is 5.97 Å². The molecule has 2 fully saturated rings. The topological polar surface area (TPSA) is 66.4 Å². The van der Waals surface area contributed by atoms with E-state index >= 15 is 0 Å². The Balaban J connectivity index is 1.62. The average Bonchev–Trinajstić information content (AvgIpc) is 3.10. The lowest BCUT2D eigenvalue weighted by Crippen LogP contribution is -2.41. The van der Waals surface area contributed by atoms with Crippen LogP contribution in [0.2, 0.25) is 0 Å².